The Bertz CT molecular complexity index is 1280. The van der Waals surface area contributed by atoms with Crippen molar-refractivity contribution < 1.29 is 17.6 Å². The van der Waals surface area contributed by atoms with Crippen molar-refractivity contribution in [3.8, 4) is 0 Å². The number of morpholine rings is 1. The maximum atomic E-state index is 11.6. The Morgan fingerprint density at radius 3 is 2.87 bits per heavy atom. The molecule has 3 aromatic heterocycles. The van der Waals surface area contributed by atoms with Gasteiger partial charge in [0.1, 0.15) is 11.3 Å². The first kappa shape index (κ1) is 19.0. The standard InChI is InChI=1S/C20H21N5O4S/c1-30(26,27)24-14-5-2-4-13(12-14)18-22-16-15-6-3-7-21-20(15)29-17(16)19(23-18)25-8-10-28-11-9-25/h2-3,5-7,12-13,24H,4,8-11H2,1H3. The van der Waals surface area contributed by atoms with Crippen LogP contribution in [0, 0.1) is 0 Å². The van der Waals surface area contributed by atoms with E-state index in [1.54, 1.807) is 12.3 Å². The summed E-state index contributed by atoms with van der Waals surface area (Å²) in [7, 11) is -3.36. The summed E-state index contributed by atoms with van der Waals surface area (Å²) in [6, 6.07) is 3.78. The van der Waals surface area contributed by atoms with Gasteiger partial charge in [0.2, 0.25) is 15.7 Å². The minimum absolute atomic E-state index is 0.162. The number of furan rings is 1. The Morgan fingerprint density at radius 2 is 2.07 bits per heavy atom. The van der Waals surface area contributed by atoms with E-state index in [0.29, 0.717) is 61.1 Å². The number of hydrogen-bond donors (Lipinski definition) is 1. The van der Waals surface area contributed by atoms with Gasteiger partial charge in [-0.1, -0.05) is 6.08 Å². The van der Waals surface area contributed by atoms with Gasteiger partial charge in [-0.05, 0) is 30.7 Å². The summed E-state index contributed by atoms with van der Waals surface area (Å²) < 4.78 is 37.3. The highest BCUT2D eigenvalue weighted by atomic mass is 32.2. The van der Waals surface area contributed by atoms with E-state index in [2.05, 4.69) is 14.6 Å². The van der Waals surface area contributed by atoms with E-state index in [9.17, 15) is 8.42 Å². The molecular formula is C20H21N5O4S. The third kappa shape index (κ3) is 3.63. The second-order valence-corrected chi connectivity index (χ2v) is 9.13. The van der Waals surface area contributed by atoms with Crippen molar-refractivity contribution >= 4 is 38.0 Å². The first-order valence-electron chi connectivity index (χ1n) is 9.72. The number of aromatic nitrogens is 3. The van der Waals surface area contributed by atoms with E-state index in [0.717, 1.165) is 17.5 Å². The van der Waals surface area contributed by atoms with E-state index in [1.165, 1.54) is 0 Å². The minimum atomic E-state index is -3.36. The predicted molar refractivity (Wildman–Crippen MR) is 113 cm³/mol. The Hall–Kier alpha value is -2.98. The van der Waals surface area contributed by atoms with Crippen LogP contribution < -0.4 is 9.62 Å². The molecule has 156 valence electrons. The van der Waals surface area contributed by atoms with Crippen LogP contribution in [0.5, 0.6) is 0 Å². The molecule has 0 bridgehead atoms. The van der Waals surface area contributed by atoms with Gasteiger partial charge in [-0.25, -0.2) is 23.4 Å². The molecule has 0 radical (unpaired) electrons. The lowest BCUT2D eigenvalue weighted by Crippen LogP contribution is -2.37. The maximum absolute atomic E-state index is 11.6. The zero-order chi connectivity index (χ0) is 20.7. The first-order valence-corrected chi connectivity index (χ1v) is 11.6. The summed E-state index contributed by atoms with van der Waals surface area (Å²) in [6.07, 6.45) is 9.04. The van der Waals surface area contributed by atoms with Crippen LogP contribution >= 0.6 is 0 Å². The summed E-state index contributed by atoms with van der Waals surface area (Å²) in [6.45, 7) is 2.65. The van der Waals surface area contributed by atoms with Crippen molar-refractivity contribution in [3.05, 3.63) is 48.1 Å². The van der Waals surface area contributed by atoms with Crippen LogP contribution in [-0.2, 0) is 14.8 Å². The Kier molecular flexibility index (Phi) is 4.67. The molecule has 1 saturated heterocycles. The van der Waals surface area contributed by atoms with Gasteiger partial charge in [0.25, 0.3) is 0 Å². The number of anilines is 1. The number of nitrogens with one attached hydrogen (secondary N) is 1. The molecule has 1 fully saturated rings. The SMILES string of the molecule is CS(=O)(=O)NC1=CC(c2nc(N3CCOCC3)c3oc4ncccc4c3n2)CC=C1. The van der Waals surface area contributed by atoms with Crippen LogP contribution in [0.2, 0.25) is 0 Å². The van der Waals surface area contributed by atoms with Crippen LogP contribution in [0.1, 0.15) is 18.2 Å². The van der Waals surface area contributed by atoms with E-state index in [4.69, 9.17) is 19.1 Å². The third-order valence-corrected chi connectivity index (χ3v) is 5.71. The highest BCUT2D eigenvalue weighted by Gasteiger charge is 2.25. The number of sulfonamides is 1. The monoisotopic (exact) mass is 427 g/mol. The molecule has 1 atom stereocenters. The van der Waals surface area contributed by atoms with Crippen LogP contribution in [0.15, 0.2) is 46.7 Å². The number of pyridine rings is 1. The van der Waals surface area contributed by atoms with Crippen LogP contribution in [0.3, 0.4) is 0 Å². The highest BCUT2D eigenvalue weighted by molar-refractivity contribution is 7.88. The molecule has 1 aliphatic heterocycles. The summed E-state index contributed by atoms with van der Waals surface area (Å²) in [4.78, 5) is 16.1. The fourth-order valence-corrected chi connectivity index (χ4v) is 4.34. The van der Waals surface area contributed by atoms with Crippen molar-refractivity contribution in [3.63, 3.8) is 0 Å². The lowest BCUT2D eigenvalue weighted by atomic mass is 9.98. The molecular weight excluding hydrogens is 406 g/mol. The van der Waals surface area contributed by atoms with Crippen LogP contribution in [0.25, 0.3) is 22.2 Å². The average Bonchev–Trinajstić information content (AvgIpc) is 3.11. The molecule has 5 rings (SSSR count). The molecule has 1 N–H and O–H groups in total. The molecule has 0 spiro atoms. The molecule has 0 aromatic carbocycles. The molecule has 9 nitrogen and oxygen atoms in total. The molecule has 0 amide bonds. The highest BCUT2D eigenvalue weighted by Crippen LogP contribution is 2.35. The lowest BCUT2D eigenvalue weighted by Gasteiger charge is -2.28. The van der Waals surface area contributed by atoms with Gasteiger partial charge in [-0.2, -0.15) is 0 Å². The van der Waals surface area contributed by atoms with E-state index < -0.39 is 10.0 Å². The Balaban J connectivity index is 1.65. The average molecular weight is 427 g/mol. The van der Waals surface area contributed by atoms with E-state index >= 15 is 0 Å². The summed E-state index contributed by atoms with van der Waals surface area (Å²) in [5.41, 5.74) is 2.36. The predicted octanol–water partition coefficient (Wildman–Crippen LogP) is 2.08. The largest absolute Gasteiger partial charge is 0.432 e. The van der Waals surface area contributed by atoms with Crippen LogP contribution in [0.4, 0.5) is 5.82 Å². The van der Waals surface area contributed by atoms with Gasteiger partial charge in [0.05, 0.1) is 24.9 Å². The van der Waals surface area contributed by atoms with Crippen molar-refractivity contribution in [2.45, 2.75) is 12.3 Å². The van der Waals surface area contributed by atoms with Gasteiger partial charge >= 0.3 is 0 Å². The molecule has 30 heavy (non-hydrogen) atoms. The summed E-state index contributed by atoms with van der Waals surface area (Å²) in [5, 5.41) is 0.829. The molecule has 4 heterocycles. The fraction of sp³-hybridized carbons (Fsp3) is 0.350. The molecule has 0 saturated carbocycles. The minimum Gasteiger partial charge on any atom is -0.432 e. The van der Waals surface area contributed by atoms with Gasteiger partial charge in [0.15, 0.2) is 11.4 Å². The van der Waals surface area contributed by atoms with Gasteiger partial charge in [-0.3, -0.25) is 4.72 Å². The number of nitrogens with zero attached hydrogens (tertiary/aromatic N) is 4. The first-order chi connectivity index (χ1) is 14.5. The third-order valence-electron chi connectivity index (χ3n) is 5.10. The van der Waals surface area contributed by atoms with Crippen molar-refractivity contribution in [2.75, 3.05) is 37.5 Å². The number of allylic oxidation sites excluding steroid dienone is 3. The number of fused-ring (bicyclic) bond motifs is 3. The van der Waals surface area contributed by atoms with Gasteiger partial charge in [0, 0.05) is 30.9 Å². The van der Waals surface area contributed by atoms with Crippen LogP contribution in [-0.4, -0.2) is 55.9 Å². The van der Waals surface area contributed by atoms with Crippen molar-refractivity contribution in [1.29, 1.82) is 0 Å². The van der Waals surface area contributed by atoms with Gasteiger partial charge in [-0.15, -0.1) is 0 Å². The quantitative estimate of drug-likeness (QED) is 0.674. The zero-order valence-electron chi connectivity index (χ0n) is 16.4. The molecule has 10 heteroatoms. The molecule has 1 aliphatic carbocycles. The van der Waals surface area contributed by atoms with Gasteiger partial charge < -0.3 is 14.1 Å². The maximum Gasteiger partial charge on any atom is 0.229 e. The van der Waals surface area contributed by atoms with Crippen molar-refractivity contribution in [1.82, 2.24) is 19.7 Å². The zero-order valence-corrected chi connectivity index (χ0v) is 17.2. The summed E-state index contributed by atoms with van der Waals surface area (Å²) >= 11 is 0. The second-order valence-electron chi connectivity index (χ2n) is 7.38. The molecule has 1 unspecified atom stereocenters. The Labute approximate surface area is 173 Å². The smallest absolute Gasteiger partial charge is 0.229 e. The normalized spacial score (nSPS) is 20.0. The summed E-state index contributed by atoms with van der Waals surface area (Å²) in [5.74, 6) is 1.18. The molecule has 2 aliphatic rings. The topological polar surface area (TPSA) is 110 Å². The van der Waals surface area contributed by atoms with E-state index in [1.807, 2.05) is 24.3 Å². The van der Waals surface area contributed by atoms with E-state index in [-0.39, 0.29) is 5.92 Å². The Morgan fingerprint density at radius 1 is 1.23 bits per heavy atom. The van der Waals surface area contributed by atoms with Crippen molar-refractivity contribution in [2.24, 2.45) is 0 Å². The number of rotatable bonds is 4. The number of ether oxygens (including phenoxy) is 1. The lowest BCUT2D eigenvalue weighted by molar-refractivity contribution is 0.122. The molecule has 3 aromatic rings. The fourth-order valence-electron chi connectivity index (χ4n) is 3.78. The number of hydrogen-bond acceptors (Lipinski definition) is 8. The second kappa shape index (κ2) is 7.37.